The normalized spacial score (nSPS) is 12.6. The van der Waals surface area contributed by atoms with Gasteiger partial charge in [0, 0.05) is 19.3 Å². The van der Waals surface area contributed by atoms with E-state index >= 15 is 0 Å². The van der Waals surface area contributed by atoms with Crippen molar-refractivity contribution in [1.29, 1.82) is 0 Å². The van der Waals surface area contributed by atoms with Crippen molar-refractivity contribution in [3.63, 3.8) is 0 Å². The average molecular weight is 964 g/mol. The Balaban J connectivity index is 4.18. The van der Waals surface area contributed by atoms with E-state index in [9.17, 15) is 14.4 Å². The predicted octanol–water partition coefficient (Wildman–Crippen LogP) is 19.8. The Morgan fingerprint density at radius 3 is 0.899 bits per heavy atom. The SMILES string of the molecule is CC/C=C\C/C=C\C/C=C\C/C=C\C/C=C\CCCCCCCCCCCCCC(=O)OCC(COC(=O)CCCCCCCCCC)OC(=O)CCCCCCC/C=C\CCCCCCCCC. The van der Waals surface area contributed by atoms with Gasteiger partial charge in [-0.2, -0.15) is 0 Å². The van der Waals surface area contributed by atoms with Crippen molar-refractivity contribution in [2.45, 2.75) is 297 Å². The summed E-state index contributed by atoms with van der Waals surface area (Å²) in [5.41, 5.74) is 0. The predicted molar refractivity (Wildman–Crippen MR) is 298 cm³/mol. The smallest absolute Gasteiger partial charge is 0.306 e. The van der Waals surface area contributed by atoms with Crippen LogP contribution in [0.15, 0.2) is 72.9 Å². The number of ether oxygens (including phenoxy) is 3. The van der Waals surface area contributed by atoms with E-state index in [2.05, 4.69) is 93.7 Å². The number of hydrogen-bond donors (Lipinski definition) is 0. The molecule has 0 bridgehead atoms. The van der Waals surface area contributed by atoms with E-state index in [1.165, 1.54) is 154 Å². The molecule has 0 amide bonds. The van der Waals surface area contributed by atoms with E-state index in [4.69, 9.17) is 14.2 Å². The molecule has 0 aromatic heterocycles. The zero-order valence-corrected chi connectivity index (χ0v) is 45.6. The van der Waals surface area contributed by atoms with Crippen molar-refractivity contribution in [2.24, 2.45) is 0 Å². The second-order valence-electron chi connectivity index (χ2n) is 19.5. The molecule has 0 spiro atoms. The number of esters is 3. The second kappa shape index (κ2) is 57.4. The summed E-state index contributed by atoms with van der Waals surface area (Å²) in [6.07, 6.45) is 73.4. The van der Waals surface area contributed by atoms with Crippen molar-refractivity contribution in [2.75, 3.05) is 13.2 Å². The van der Waals surface area contributed by atoms with Crippen LogP contribution < -0.4 is 0 Å². The van der Waals surface area contributed by atoms with Crippen LogP contribution in [0.1, 0.15) is 290 Å². The van der Waals surface area contributed by atoms with E-state index in [-0.39, 0.29) is 31.1 Å². The van der Waals surface area contributed by atoms with Crippen molar-refractivity contribution >= 4 is 17.9 Å². The van der Waals surface area contributed by atoms with Crippen LogP contribution in [0.5, 0.6) is 0 Å². The summed E-state index contributed by atoms with van der Waals surface area (Å²) in [6.45, 7) is 6.50. The molecule has 1 unspecified atom stereocenters. The molecule has 0 N–H and O–H groups in total. The average Bonchev–Trinajstić information content (AvgIpc) is 3.35. The lowest BCUT2D eigenvalue weighted by molar-refractivity contribution is -0.167. The molecular weight excluding hydrogens is 853 g/mol. The molecular formula is C63H110O6. The second-order valence-corrected chi connectivity index (χ2v) is 19.5. The first-order valence-corrected chi connectivity index (χ1v) is 29.4. The van der Waals surface area contributed by atoms with E-state index < -0.39 is 6.10 Å². The molecule has 0 aliphatic carbocycles. The Morgan fingerprint density at radius 1 is 0.304 bits per heavy atom. The Labute approximate surface area is 427 Å². The van der Waals surface area contributed by atoms with Gasteiger partial charge in [0.2, 0.25) is 0 Å². The lowest BCUT2D eigenvalue weighted by Crippen LogP contribution is -2.30. The zero-order chi connectivity index (χ0) is 50.0. The van der Waals surface area contributed by atoms with E-state index in [0.29, 0.717) is 19.3 Å². The number of allylic oxidation sites excluding steroid dienone is 12. The van der Waals surface area contributed by atoms with Gasteiger partial charge in [0.25, 0.3) is 0 Å². The number of rotatable bonds is 53. The molecule has 0 saturated heterocycles. The maximum Gasteiger partial charge on any atom is 0.306 e. The third kappa shape index (κ3) is 55.6. The van der Waals surface area contributed by atoms with E-state index in [1.807, 2.05) is 0 Å². The third-order valence-corrected chi connectivity index (χ3v) is 12.7. The molecule has 69 heavy (non-hydrogen) atoms. The first-order chi connectivity index (χ1) is 34.0. The van der Waals surface area contributed by atoms with Crippen molar-refractivity contribution < 1.29 is 28.6 Å². The van der Waals surface area contributed by atoms with Gasteiger partial charge in [-0.05, 0) is 89.9 Å². The van der Waals surface area contributed by atoms with Gasteiger partial charge in [0.05, 0.1) is 0 Å². The molecule has 0 aliphatic heterocycles. The molecule has 6 heteroatoms. The Hall–Kier alpha value is -3.15. The topological polar surface area (TPSA) is 78.9 Å². The van der Waals surface area contributed by atoms with Gasteiger partial charge in [0.15, 0.2) is 6.10 Å². The summed E-state index contributed by atoms with van der Waals surface area (Å²) in [7, 11) is 0. The fourth-order valence-electron chi connectivity index (χ4n) is 8.29. The maximum absolute atomic E-state index is 12.8. The summed E-state index contributed by atoms with van der Waals surface area (Å²) >= 11 is 0. The fourth-order valence-corrected chi connectivity index (χ4v) is 8.29. The lowest BCUT2D eigenvalue weighted by atomic mass is 10.0. The number of carbonyl (C=O) groups is 3. The molecule has 6 nitrogen and oxygen atoms in total. The fraction of sp³-hybridized carbons (Fsp3) is 0.762. The van der Waals surface area contributed by atoms with Gasteiger partial charge in [-0.1, -0.05) is 254 Å². The Kier molecular flexibility index (Phi) is 54.8. The molecule has 0 radical (unpaired) electrons. The molecule has 0 aromatic rings. The van der Waals surface area contributed by atoms with Crippen LogP contribution in [0.2, 0.25) is 0 Å². The van der Waals surface area contributed by atoms with Crippen LogP contribution in [0.3, 0.4) is 0 Å². The van der Waals surface area contributed by atoms with Gasteiger partial charge in [-0.3, -0.25) is 14.4 Å². The highest BCUT2D eigenvalue weighted by Gasteiger charge is 2.19. The summed E-state index contributed by atoms with van der Waals surface area (Å²) in [4.78, 5) is 38.0. The van der Waals surface area contributed by atoms with Gasteiger partial charge in [-0.15, -0.1) is 0 Å². The number of unbranched alkanes of at least 4 members (excludes halogenated alkanes) is 30. The first-order valence-electron chi connectivity index (χ1n) is 29.4. The van der Waals surface area contributed by atoms with Crippen molar-refractivity contribution in [3.8, 4) is 0 Å². The number of carbonyl (C=O) groups excluding carboxylic acids is 3. The molecule has 0 rings (SSSR count). The molecule has 0 aliphatic rings. The molecule has 398 valence electrons. The Bertz CT molecular complexity index is 1290. The van der Waals surface area contributed by atoms with Crippen LogP contribution in [0.4, 0.5) is 0 Å². The lowest BCUT2D eigenvalue weighted by Gasteiger charge is -2.18. The first kappa shape index (κ1) is 65.8. The number of hydrogen-bond acceptors (Lipinski definition) is 6. The van der Waals surface area contributed by atoms with Gasteiger partial charge in [-0.25, -0.2) is 0 Å². The van der Waals surface area contributed by atoms with Crippen LogP contribution in [0.25, 0.3) is 0 Å². The largest absolute Gasteiger partial charge is 0.462 e. The molecule has 0 heterocycles. The van der Waals surface area contributed by atoms with Crippen molar-refractivity contribution in [3.05, 3.63) is 72.9 Å². The van der Waals surface area contributed by atoms with Crippen LogP contribution in [-0.4, -0.2) is 37.2 Å². The maximum atomic E-state index is 12.8. The highest BCUT2D eigenvalue weighted by atomic mass is 16.6. The summed E-state index contributed by atoms with van der Waals surface area (Å²) in [5.74, 6) is -0.884. The minimum absolute atomic E-state index is 0.0769. The monoisotopic (exact) mass is 963 g/mol. The molecule has 0 fully saturated rings. The summed E-state index contributed by atoms with van der Waals surface area (Å²) < 4.78 is 16.8. The quantitative estimate of drug-likeness (QED) is 0.0262. The minimum atomic E-state index is -0.777. The molecule has 1 atom stereocenters. The van der Waals surface area contributed by atoms with Crippen LogP contribution in [-0.2, 0) is 28.6 Å². The zero-order valence-electron chi connectivity index (χ0n) is 45.6. The highest BCUT2D eigenvalue weighted by Crippen LogP contribution is 2.16. The molecule has 0 aromatic carbocycles. The van der Waals surface area contributed by atoms with Gasteiger partial charge >= 0.3 is 17.9 Å². The summed E-state index contributed by atoms with van der Waals surface area (Å²) in [6, 6.07) is 0. The highest BCUT2D eigenvalue weighted by molar-refractivity contribution is 5.71. The third-order valence-electron chi connectivity index (χ3n) is 12.7. The van der Waals surface area contributed by atoms with Gasteiger partial charge < -0.3 is 14.2 Å². The van der Waals surface area contributed by atoms with Crippen molar-refractivity contribution in [1.82, 2.24) is 0 Å². The summed E-state index contributed by atoms with van der Waals surface area (Å²) in [5, 5.41) is 0. The van der Waals surface area contributed by atoms with Crippen LogP contribution in [0, 0.1) is 0 Å². The minimum Gasteiger partial charge on any atom is -0.462 e. The van der Waals surface area contributed by atoms with E-state index in [0.717, 1.165) is 96.3 Å². The van der Waals surface area contributed by atoms with E-state index in [1.54, 1.807) is 0 Å². The van der Waals surface area contributed by atoms with Crippen LogP contribution >= 0.6 is 0 Å². The van der Waals surface area contributed by atoms with Gasteiger partial charge in [0.1, 0.15) is 13.2 Å². The molecule has 0 saturated carbocycles. The standard InChI is InChI=1S/C63H110O6/c1-4-7-10-13-16-19-21-23-25-27-28-29-30-31-32-33-34-35-36-37-39-40-42-44-47-50-53-56-62(65)68-59-60(58-67-61(64)55-52-49-46-18-15-12-9-6-3)69-63(66)57-54-51-48-45-43-41-38-26-24-22-20-17-14-11-8-5-2/h7,10,16,19,23,25-26,28-29,31-32,38,60H,4-6,8-9,11-15,17-18,20-22,24,27,30,33-37,39-59H2,1-3H3/b10-7-,19-16-,25-23-,29-28-,32-31-,38-26-. The Morgan fingerprint density at radius 2 is 0.565 bits per heavy atom.